The molecule has 0 aliphatic carbocycles. The first-order chi connectivity index (χ1) is 9.83. The molecule has 0 amide bonds. The Hall–Kier alpha value is -1.59. The lowest BCUT2D eigenvalue weighted by Gasteiger charge is -2.10. The van der Waals surface area contributed by atoms with Gasteiger partial charge >= 0.3 is 0 Å². The summed E-state index contributed by atoms with van der Waals surface area (Å²) in [5, 5.41) is 6.63. The molecule has 0 spiro atoms. The van der Waals surface area contributed by atoms with Crippen molar-refractivity contribution in [1.29, 1.82) is 0 Å². The third kappa shape index (κ3) is 4.21. The lowest BCUT2D eigenvalue weighted by molar-refractivity contribution is 0.354. The van der Waals surface area contributed by atoms with E-state index in [0.717, 1.165) is 37.4 Å². The first kappa shape index (κ1) is 14.8. The molecule has 1 N–H and O–H groups in total. The summed E-state index contributed by atoms with van der Waals surface area (Å²) < 4.78 is 10.5. The maximum Gasteiger partial charge on any atom is 0.160 e. The number of rotatable bonds is 8. The summed E-state index contributed by atoms with van der Waals surface area (Å²) in [5.41, 5.74) is 1.24. The Labute approximate surface area is 123 Å². The zero-order chi connectivity index (χ0) is 14.2. The van der Waals surface area contributed by atoms with Gasteiger partial charge in [-0.15, -0.1) is 11.3 Å². The van der Waals surface area contributed by atoms with Crippen LogP contribution in [0, 0.1) is 0 Å². The molecular formula is C15H20N2O2S. The number of aromatic nitrogens is 1. The molecule has 108 valence electrons. The summed E-state index contributed by atoms with van der Waals surface area (Å²) in [6, 6.07) is 6.05. The zero-order valence-corrected chi connectivity index (χ0v) is 12.7. The quantitative estimate of drug-likeness (QED) is 0.759. The lowest BCUT2D eigenvalue weighted by atomic mass is 10.1. The van der Waals surface area contributed by atoms with Crippen molar-refractivity contribution in [3.05, 3.63) is 40.3 Å². The van der Waals surface area contributed by atoms with Crippen molar-refractivity contribution in [2.24, 2.45) is 0 Å². The molecule has 1 aromatic heterocycles. The molecule has 1 heterocycles. The van der Waals surface area contributed by atoms with E-state index in [1.54, 1.807) is 25.6 Å². The average molecular weight is 292 g/mol. The zero-order valence-electron chi connectivity index (χ0n) is 11.9. The van der Waals surface area contributed by atoms with Gasteiger partial charge in [0.1, 0.15) is 0 Å². The predicted octanol–water partition coefficient (Wildman–Crippen LogP) is 2.54. The number of hydrogen-bond donors (Lipinski definition) is 1. The number of ether oxygens (including phenoxy) is 2. The van der Waals surface area contributed by atoms with Crippen LogP contribution in [0.1, 0.15) is 10.6 Å². The third-order valence-corrected chi connectivity index (χ3v) is 3.88. The van der Waals surface area contributed by atoms with Crippen LogP contribution in [-0.2, 0) is 12.8 Å². The van der Waals surface area contributed by atoms with Gasteiger partial charge in [-0.2, -0.15) is 0 Å². The topological polar surface area (TPSA) is 43.4 Å². The van der Waals surface area contributed by atoms with Gasteiger partial charge in [-0.1, -0.05) is 6.07 Å². The highest BCUT2D eigenvalue weighted by molar-refractivity contribution is 7.09. The second-order valence-electron chi connectivity index (χ2n) is 4.37. The Morgan fingerprint density at radius 2 is 1.90 bits per heavy atom. The van der Waals surface area contributed by atoms with E-state index in [9.17, 15) is 0 Å². The minimum absolute atomic E-state index is 0.771. The molecule has 0 fully saturated rings. The molecule has 0 radical (unpaired) electrons. The Kier molecular flexibility index (Phi) is 5.83. The van der Waals surface area contributed by atoms with Crippen LogP contribution in [0.3, 0.4) is 0 Å². The molecular weight excluding hydrogens is 272 g/mol. The highest BCUT2D eigenvalue weighted by atomic mass is 32.1. The smallest absolute Gasteiger partial charge is 0.160 e. The van der Waals surface area contributed by atoms with Gasteiger partial charge < -0.3 is 14.8 Å². The van der Waals surface area contributed by atoms with Crippen LogP contribution >= 0.6 is 11.3 Å². The van der Waals surface area contributed by atoms with E-state index >= 15 is 0 Å². The van der Waals surface area contributed by atoms with Crippen molar-refractivity contribution in [1.82, 2.24) is 10.3 Å². The van der Waals surface area contributed by atoms with E-state index in [-0.39, 0.29) is 0 Å². The largest absolute Gasteiger partial charge is 0.493 e. The Morgan fingerprint density at radius 3 is 2.60 bits per heavy atom. The molecule has 2 rings (SSSR count). The van der Waals surface area contributed by atoms with E-state index in [1.807, 2.05) is 23.7 Å². The molecule has 0 bridgehead atoms. The van der Waals surface area contributed by atoms with Gasteiger partial charge in [-0.05, 0) is 30.7 Å². The molecule has 0 atom stereocenters. The number of hydrogen-bond acceptors (Lipinski definition) is 5. The second-order valence-corrected chi connectivity index (χ2v) is 5.34. The fourth-order valence-corrected chi connectivity index (χ4v) is 2.59. The summed E-state index contributed by atoms with van der Waals surface area (Å²) in [4.78, 5) is 4.26. The molecule has 0 unspecified atom stereocenters. The minimum Gasteiger partial charge on any atom is -0.493 e. The van der Waals surface area contributed by atoms with E-state index in [0.29, 0.717) is 0 Å². The van der Waals surface area contributed by atoms with Crippen LogP contribution in [0.4, 0.5) is 0 Å². The minimum atomic E-state index is 0.771. The van der Waals surface area contributed by atoms with Crippen molar-refractivity contribution in [2.75, 3.05) is 27.3 Å². The predicted molar refractivity (Wildman–Crippen MR) is 81.9 cm³/mol. The SMILES string of the molecule is COc1ccc(CCNCCc2nccs2)cc1OC. The van der Waals surface area contributed by atoms with Crippen LogP contribution in [0.25, 0.3) is 0 Å². The summed E-state index contributed by atoms with van der Waals surface area (Å²) in [6.07, 6.45) is 3.81. The number of nitrogens with zero attached hydrogens (tertiary/aromatic N) is 1. The van der Waals surface area contributed by atoms with Crippen molar-refractivity contribution in [2.45, 2.75) is 12.8 Å². The standard InChI is InChI=1S/C15H20N2O2S/c1-18-13-4-3-12(11-14(13)19-2)5-7-16-8-6-15-17-9-10-20-15/h3-4,9-11,16H,5-8H2,1-2H3. The number of benzene rings is 1. The van der Waals surface area contributed by atoms with Gasteiger partial charge in [0.25, 0.3) is 0 Å². The number of thiazole rings is 1. The fourth-order valence-electron chi connectivity index (χ4n) is 1.97. The second kappa shape index (κ2) is 7.87. The Bertz CT molecular complexity index is 515. The Morgan fingerprint density at radius 1 is 1.10 bits per heavy atom. The fraction of sp³-hybridized carbons (Fsp3) is 0.400. The van der Waals surface area contributed by atoms with E-state index in [1.165, 1.54) is 10.6 Å². The molecule has 5 heteroatoms. The Balaban J connectivity index is 1.73. The first-order valence-electron chi connectivity index (χ1n) is 6.63. The molecule has 20 heavy (non-hydrogen) atoms. The maximum atomic E-state index is 5.30. The average Bonchev–Trinajstić information content (AvgIpc) is 3.00. The summed E-state index contributed by atoms with van der Waals surface area (Å²) in [6.45, 7) is 1.90. The van der Waals surface area contributed by atoms with Gasteiger partial charge in [0, 0.05) is 24.5 Å². The van der Waals surface area contributed by atoms with Gasteiger partial charge in [-0.3, -0.25) is 0 Å². The van der Waals surface area contributed by atoms with Gasteiger partial charge in [-0.25, -0.2) is 4.98 Å². The van der Waals surface area contributed by atoms with Gasteiger partial charge in [0.2, 0.25) is 0 Å². The van der Waals surface area contributed by atoms with Gasteiger partial charge in [0.05, 0.1) is 19.2 Å². The van der Waals surface area contributed by atoms with Crippen molar-refractivity contribution >= 4 is 11.3 Å². The number of nitrogens with one attached hydrogen (secondary N) is 1. The van der Waals surface area contributed by atoms with E-state index < -0.39 is 0 Å². The molecule has 0 aliphatic heterocycles. The third-order valence-electron chi connectivity index (χ3n) is 3.04. The van der Waals surface area contributed by atoms with E-state index in [4.69, 9.17) is 9.47 Å². The van der Waals surface area contributed by atoms with Crippen LogP contribution in [-0.4, -0.2) is 32.3 Å². The maximum absolute atomic E-state index is 5.30. The normalized spacial score (nSPS) is 10.5. The molecule has 0 aliphatic rings. The van der Waals surface area contributed by atoms with Gasteiger partial charge in [0.15, 0.2) is 11.5 Å². The molecule has 2 aromatic rings. The summed E-state index contributed by atoms with van der Waals surface area (Å²) in [7, 11) is 3.31. The first-order valence-corrected chi connectivity index (χ1v) is 7.51. The molecule has 0 saturated heterocycles. The van der Waals surface area contributed by atoms with Crippen molar-refractivity contribution < 1.29 is 9.47 Å². The molecule has 1 aromatic carbocycles. The highest BCUT2D eigenvalue weighted by Crippen LogP contribution is 2.27. The summed E-state index contributed by atoms with van der Waals surface area (Å²) >= 11 is 1.70. The molecule has 0 saturated carbocycles. The van der Waals surface area contributed by atoms with E-state index in [2.05, 4.69) is 16.4 Å². The van der Waals surface area contributed by atoms with Crippen LogP contribution in [0.2, 0.25) is 0 Å². The van der Waals surface area contributed by atoms with Crippen molar-refractivity contribution in [3.63, 3.8) is 0 Å². The van der Waals surface area contributed by atoms with Crippen LogP contribution in [0.15, 0.2) is 29.8 Å². The lowest BCUT2D eigenvalue weighted by Crippen LogP contribution is -2.20. The summed E-state index contributed by atoms with van der Waals surface area (Å²) in [5.74, 6) is 1.56. The monoisotopic (exact) mass is 292 g/mol. The van der Waals surface area contributed by atoms with Crippen LogP contribution < -0.4 is 14.8 Å². The molecule has 4 nitrogen and oxygen atoms in total. The number of methoxy groups -OCH3 is 2. The van der Waals surface area contributed by atoms with Crippen molar-refractivity contribution in [3.8, 4) is 11.5 Å². The van der Waals surface area contributed by atoms with Crippen LogP contribution in [0.5, 0.6) is 11.5 Å². The highest BCUT2D eigenvalue weighted by Gasteiger charge is 2.04.